The lowest BCUT2D eigenvalue weighted by atomic mass is 9.80. The highest BCUT2D eigenvalue weighted by atomic mass is 16.5. The molecule has 21 heavy (non-hydrogen) atoms. The van der Waals surface area contributed by atoms with Gasteiger partial charge < -0.3 is 9.47 Å². The molecular formula is C18H25NO2. The largest absolute Gasteiger partial charge is 0.488 e. The van der Waals surface area contributed by atoms with Gasteiger partial charge in [0.2, 0.25) is 0 Å². The molecule has 0 radical (unpaired) electrons. The zero-order valence-corrected chi connectivity index (χ0v) is 13.3. The van der Waals surface area contributed by atoms with Gasteiger partial charge in [0.1, 0.15) is 12.7 Å². The maximum Gasteiger partial charge on any atom is 0.161 e. The number of ether oxygens (including phenoxy) is 2. The maximum absolute atomic E-state index is 6.46. The van der Waals surface area contributed by atoms with Crippen molar-refractivity contribution < 1.29 is 9.47 Å². The molecule has 3 saturated heterocycles. The highest BCUT2D eigenvalue weighted by Crippen LogP contribution is 2.41. The molecular weight excluding hydrogens is 262 g/mol. The van der Waals surface area contributed by atoms with E-state index in [2.05, 4.69) is 43.9 Å². The first-order valence-electron chi connectivity index (χ1n) is 8.20. The number of nitrogens with zero attached hydrogens (tertiary/aromatic N) is 1. The number of benzene rings is 1. The van der Waals surface area contributed by atoms with Crippen molar-refractivity contribution in [2.24, 2.45) is 5.92 Å². The molecule has 3 nitrogen and oxygen atoms in total. The molecule has 0 amide bonds. The molecule has 1 aromatic rings. The number of hydrogen-bond donors (Lipinski definition) is 0. The van der Waals surface area contributed by atoms with Crippen LogP contribution >= 0.6 is 0 Å². The third-order valence-corrected chi connectivity index (χ3v) is 5.37. The highest BCUT2D eigenvalue weighted by molar-refractivity contribution is 5.45. The summed E-state index contributed by atoms with van der Waals surface area (Å²) in [6, 6.07) is 6.88. The first-order chi connectivity index (χ1) is 10.0. The van der Waals surface area contributed by atoms with Gasteiger partial charge in [-0.25, -0.2) is 0 Å². The lowest BCUT2D eigenvalue weighted by Crippen LogP contribution is -2.61. The van der Waals surface area contributed by atoms with Crippen molar-refractivity contribution in [1.29, 1.82) is 0 Å². The molecule has 3 heteroatoms. The average Bonchev–Trinajstić information content (AvgIpc) is 2.67. The van der Waals surface area contributed by atoms with E-state index in [9.17, 15) is 0 Å². The molecule has 0 N–H and O–H groups in total. The second kappa shape index (κ2) is 4.64. The fourth-order valence-electron chi connectivity index (χ4n) is 3.98. The summed E-state index contributed by atoms with van der Waals surface area (Å²) in [5.41, 5.74) is 1.45. The lowest BCUT2D eigenvalue weighted by Gasteiger charge is -2.49. The Hall–Kier alpha value is -1.22. The summed E-state index contributed by atoms with van der Waals surface area (Å²) in [5.74, 6) is 2.56. The fraction of sp³-hybridized carbons (Fsp3) is 0.667. The van der Waals surface area contributed by atoms with E-state index < -0.39 is 0 Å². The van der Waals surface area contributed by atoms with Crippen LogP contribution in [0.5, 0.6) is 11.5 Å². The third-order valence-electron chi connectivity index (χ3n) is 5.37. The second-order valence-corrected chi connectivity index (χ2v) is 7.75. The molecule has 1 aromatic carbocycles. The van der Waals surface area contributed by atoms with Crippen LogP contribution in [0.3, 0.4) is 0 Å². The Morgan fingerprint density at radius 1 is 1.10 bits per heavy atom. The Morgan fingerprint density at radius 3 is 2.57 bits per heavy atom. The van der Waals surface area contributed by atoms with Crippen molar-refractivity contribution in [2.75, 3.05) is 19.7 Å². The van der Waals surface area contributed by atoms with Gasteiger partial charge in [-0.3, -0.25) is 4.90 Å². The Balaban J connectivity index is 1.68. The zero-order valence-electron chi connectivity index (χ0n) is 13.3. The lowest BCUT2D eigenvalue weighted by molar-refractivity contribution is -0.0627. The Morgan fingerprint density at radius 2 is 1.86 bits per heavy atom. The predicted octanol–water partition coefficient (Wildman–Crippen LogP) is 3.22. The first kappa shape index (κ1) is 13.4. The zero-order chi connectivity index (χ0) is 14.6. The Kier molecular flexibility index (Phi) is 2.97. The van der Waals surface area contributed by atoms with Gasteiger partial charge in [-0.05, 0) is 55.0 Å². The molecule has 3 fully saturated rings. The molecule has 114 valence electrons. The number of piperidine rings is 3. The second-order valence-electron chi connectivity index (χ2n) is 7.75. The van der Waals surface area contributed by atoms with Crippen LogP contribution in [0.2, 0.25) is 0 Å². The van der Waals surface area contributed by atoms with Gasteiger partial charge in [-0.15, -0.1) is 0 Å². The van der Waals surface area contributed by atoms with E-state index in [1.54, 1.807) is 0 Å². The van der Waals surface area contributed by atoms with Gasteiger partial charge in [0, 0.05) is 0 Å². The van der Waals surface area contributed by atoms with Crippen molar-refractivity contribution in [3.05, 3.63) is 23.8 Å². The summed E-state index contributed by atoms with van der Waals surface area (Å²) in [6.07, 6.45) is 2.86. The smallest absolute Gasteiger partial charge is 0.161 e. The van der Waals surface area contributed by atoms with Crippen LogP contribution in [-0.2, 0) is 5.41 Å². The van der Waals surface area contributed by atoms with Crippen molar-refractivity contribution in [3.63, 3.8) is 0 Å². The van der Waals surface area contributed by atoms with Crippen LogP contribution in [0.4, 0.5) is 0 Å². The van der Waals surface area contributed by atoms with Crippen molar-refractivity contribution >= 4 is 0 Å². The van der Waals surface area contributed by atoms with Crippen LogP contribution in [0.1, 0.15) is 39.2 Å². The van der Waals surface area contributed by atoms with Gasteiger partial charge in [0.05, 0.1) is 6.04 Å². The van der Waals surface area contributed by atoms with E-state index in [4.69, 9.17) is 9.47 Å². The van der Waals surface area contributed by atoms with Gasteiger partial charge >= 0.3 is 0 Å². The van der Waals surface area contributed by atoms with Crippen LogP contribution in [0.25, 0.3) is 0 Å². The minimum atomic E-state index is 0.138. The van der Waals surface area contributed by atoms with Gasteiger partial charge in [0.15, 0.2) is 11.5 Å². The van der Waals surface area contributed by atoms with Crippen LogP contribution in [0.15, 0.2) is 18.2 Å². The van der Waals surface area contributed by atoms with Crippen molar-refractivity contribution in [1.82, 2.24) is 4.90 Å². The SMILES string of the molecule is CC(C)(C)c1ccc2c(c1)OC1C3CCN(CC3)C1CO2. The molecule has 2 bridgehead atoms. The third kappa shape index (κ3) is 2.22. The van der Waals surface area contributed by atoms with E-state index in [0.29, 0.717) is 18.1 Å². The molecule has 2 atom stereocenters. The quantitative estimate of drug-likeness (QED) is 0.731. The highest BCUT2D eigenvalue weighted by Gasteiger charge is 2.45. The fourth-order valence-corrected chi connectivity index (χ4v) is 3.98. The summed E-state index contributed by atoms with van der Waals surface area (Å²) in [4.78, 5) is 2.56. The maximum atomic E-state index is 6.46. The topological polar surface area (TPSA) is 21.7 Å². The summed E-state index contributed by atoms with van der Waals surface area (Å²) in [5, 5.41) is 0. The standard InChI is InChI=1S/C18H25NO2/c1-18(2,3)13-4-5-15-16(10-13)21-17-12-6-8-19(9-7-12)14(17)11-20-15/h4-5,10,12,14,17H,6-9,11H2,1-3H3. The van der Waals surface area contributed by atoms with E-state index in [1.165, 1.54) is 31.5 Å². The number of rotatable bonds is 0. The van der Waals surface area contributed by atoms with Gasteiger partial charge in [0.25, 0.3) is 0 Å². The Labute approximate surface area is 127 Å². The molecule has 0 aliphatic carbocycles. The predicted molar refractivity (Wildman–Crippen MR) is 83.1 cm³/mol. The minimum Gasteiger partial charge on any atom is -0.488 e. The normalized spacial score (nSPS) is 34.2. The van der Waals surface area contributed by atoms with Crippen molar-refractivity contribution in [2.45, 2.75) is 51.2 Å². The summed E-state index contributed by atoms with van der Waals surface area (Å²) in [7, 11) is 0. The van der Waals surface area contributed by atoms with Crippen molar-refractivity contribution in [3.8, 4) is 11.5 Å². The molecule has 4 aliphatic rings. The minimum absolute atomic E-state index is 0.138. The summed E-state index contributed by atoms with van der Waals surface area (Å²) >= 11 is 0. The molecule has 2 unspecified atom stereocenters. The molecule has 4 aliphatic heterocycles. The Bertz CT molecular complexity index is 541. The van der Waals surface area contributed by atoms with Gasteiger partial charge in [-0.1, -0.05) is 26.8 Å². The van der Waals surface area contributed by atoms with Gasteiger partial charge in [-0.2, -0.15) is 0 Å². The molecule has 0 aromatic heterocycles. The van der Waals surface area contributed by atoms with Crippen LogP contribution in [-0.4, -0.2) is 36.7 Å². The van der Waals surface area contributed by atoms with E-state index >= 15 is 0 Å². The van der Waals surface area contributed by atoms with E-state index in [-0.39, 0.29) is 5.41 Å². The first-order valence-corrected chi connectivity index (χ1v) is 8.20. The van der Waals surface area contributed by atoms with E-state index in [0.717, 1.165) is 18.1 Å². The molecule has 4 heterocycles. The summed E-state index contributed by atoms with van der Waals surface area (Å²) in [6.45, 7) is 9.91. The number of hydrogen-bond acceptors (Lipinski definition) is 3. The van der Waals surface area contributed by atoms with Crippen LogP contribution < -0.4 is 9.47 Å². The monoisotopic (exact) mass is 287 g/mol. The average molecular weight is 287 g/mol. The van der Waals surface area contributed by atoms with E-state index in [1.807, 2.05) is 0 Å². The summed E-state index contributed by atoms with van der Waals surface area (Å²) < 4.78 is 12.5. The number of fused-ring (bicyclic) bond motifs is 3. The van der Waals surface area contributed by atoms with Crippen LogP contribution in [0, 0.1) is 5.92 Å². The molecule has 5 rings (SSSR count). The molecule has 0 saturated carbocycles. The molecule has 0 spiro atoms.